The maximum atomic E-state index is 9.77. The molecule has 0 aliphatic rings. The number of furan rings is 2. The van der Waals surface area contributed by atoms with E-state index in [2.05, 4.69) is 108 Å². The second-order valence-corrected chi connectivity index (χ2v) is 14.7. The molecular weight excluding hydrogens is 727 g/mol. The molecule has 7 nitrogen and oxygen atoms in total. The summed E-state index contributed by atoms with van der Waals surface area (Å²) in [6, 6.07) is 61.5. The zero-order valence-corrected chi connectivity index (χ0v) is 31.3. The number of nitrogens with zero attached hydrogens (tertiary/aromatic N) is 5. The van der Waals surface area contributed by atoms with Crippen LogP contribution < -0.4 is 0 Å². The molecule has 0 bridgehead atoms. The fourth-order valence-corrected chi connectivity index (χ4v) is 8.63. The van der Waals surface area contributed by atoms with Gasteiger partial charge in [0.25, 0.3) is 0 Å². The predicted octanol–water partition coefficient (Wildman–Crippen LogP) is 13.3. The fourth-order valence-electron chi connectivity index (χ4n) is 8.63. The summed E-state index contributed by atoms with van der Waals surface area (Å²) in [7, 11) is 0. The number of para-hydroxylation sites is 6. The number of nitriles is 1. The molecule has 0 aliphatic heterocycles. The predicted molar refractivity (Wildman–Crippen MR) is 235 cm³/mol. The Hall–Kier alpha value is -8.34. The highest BCUT2D eigenvalue weighted by Crippen LogP contribution is 2.43. The van der Waals surface area contributed by atoms with Crippen molar-refractivity contribution in [3.63, 3.8) is 0 Å². The van der Waals surface area contributed by atoms with Gasteiger partial charge in [0, 0.05) is 60.1 Å². The van der Waals surface area contributed by atoms with E-state index in [1.54, 1.807) is 6.07 Å². The normalized spacial score (nSPS) is 11.7. The average molecular weight is 756 g/mol. The van der Waals surface area contributed by atoms with Crippen molar-refractivity contribution >= 4 is 65.7 Å². The van der Waals surface area contributed by atoms with E-state index >= 15 is 0 Å². The molecule has 0 saturated heterocycles. The SMILES string of the molecule is N#Cc1cccc(-c2nc(-c3cccc(-c4cccc5c4oc4c(-c6cccc7c6oc6ccccc67)cccc45)c3)nc(-n3c4ccccc4c4ccccc43)n2)c1. The molecule has 0 amide bonds. The molecule has 0 spiro atoms. The summed E-state index contributed by atoms with van der Waals surface area (Å²) in [6.07, 6.45) is 0. The van der Waals surface area contributed by atoms with Crippen LogP contribution in [0, 0.1) is 11.3 Å². The first-order valence-corrected chi connectivity index (χ1v) is 19.4. The molecule has 0 fully saturated rings. The van der Waals surface area contributed by atoms with Gasteiger partial charge in [0.2, 0.25) is 5.95 Å². The lowest BCUT2D eigenvalue weighted by Gasteiger charge is -2.12. The minimum Gasteiger partial charge on any atom is -0.455 e. The van der Waals surface area contributed by atoms with E-state index in [1.807, 2.05) is 72.8 Å². The zero-order chi connectivity index (χ0) is 39.0. The van der Waals surface area contributed by atoms with Gasteiger partial charge >= 0.3 is 0 Å². The monoisotopic (exact) mass is 755 g/mol. The number of hydrogen-bond donors (Lipinski definition) is 0. The number of hydrogen-bond acceptors (Lipinski definition) is 6. The van der Waals surface area contributed by atoms with Crippen molar-refractivity contribution in [3.8, 4) is 57.0 Å². The summed E-state index contributed by atoms with van der Waals surface area (Å²) in [4.78, 5) is 15.3. The van der Waals surface area contributed by atoms with Gasteiger partial charge in [-0.2, -0.15) is 15.2 Å². The fraction of sp³-hybridized carbons (Fsp3) is 0. The lowest BCUT2D eigenvalue weighted by Crippen LogP contribution is -2.06. The average Bonchev–Trinajstić information content (AvgIpc) is 3.99. The molecule has 8 aromatic carbocycles. The van der Waals surface area contributed by atoms with Crippen molar-refractivity contribution in [2.24, 2.45) is 0 Å². The molecular formula is C52H29N5O2. The lowest BCUT2D eigenvalue weighted by molar-refractivity contribution is 0.665. The van der Waals surface area contributed by atoms with Gasteiger partial charge in [-0.3, -0.25) is 4.57 Å². The Balaban J connectivity index is 1.04. The third-order valence-electron chi connectivity index (χ3n) is 11.3. The Morgan fingerprint density at radius 3 is 1.58 bits per heavy atom. The summed E-state index contributed by atoms with van der Waals surface area (Å²) in [5, 5.41) is 16.2. The van der Waals surface area contributed by atoms with Crippen LogP contribution in [-0.4, -0.2) is 19.5 Å². The van der Waals surface area contributed by atoms with Gasteiger partial charge in [-0.05, 0) is 42.0 Å². The van der Waals surface area contributed by atoms with E-state index in [0.29, 0.717) is 23.2 Å². The maximum Gasteiger partial charge on any atom is 0.238 e. The van der Waals surface area contributed by atoms with Crippen molar-refractivity contribution in [2.45, 2.75) is 0 Å². The molecule has 0 aliphatic carbocycles. The molecule has 4 aromatic heterocycles. The molecule has 59 heavy (non-hydrogen) atoms. The number of fused-ring (bicyclic) bond motifs is 9. The van der Waals surface area contributed by atoms with E-state index in [-0.39, 0.29) is 0 Å². The van der Waals surface area contributed by atoms with Crippen LogP contribution in [0.25, 0.3) is 117 Å². The van der Waals surface area contributed by atoms with Gasteiger partial charge in [-0.15, -0.1) is 0 Å². The van der Waals surface area contributed by atoms with Crippen molar-refractivity contribution in [3.05, 3.63) is 181 Å². The van der Waals surface area contributed by atoms with E-state index in [4.69, 9.17) is 23.8 Å². The Bertz CT molecular complexity index is 3660. The van der Waals surface area contributed by atoms with Crippen LogP contribution in [0.15, 0.2) is 185 Å². The van der Waals surface area contributed by atoms with Crippen LogP contribution >= 0.6 is 0 Å². The molecule has 0 saturated carbocycles. The van der Waals surface area contributed by atoms with Crippen LogP contribution in [0.2, 0.25) is 0 Å². The highest BCUT2D eigenvalue weighted by molar-refractivity contribution is 6.16. The summed E-state index contributed by atoms with van der Waals surface area (Å²) in [5.74, 6) is 1.47. The molecule has 0 atom stereocenters. The summed E-state index contributed by atoms with van der Waals surface area (Å²) in [6.45, 7) is 0. The van der Waals surface area contributed by atoms with E-state index in [1.165, 1.54) is 0 Å². The van der Waals surface area contributed by atoms with Gasteiger partial charge in [0.15, 0.2) is 11.6 Å². The smallest absolute Gasteiger partial charge is 0.238 e. The summed E-state index contributed by atoms with van der Waals surface area (Å²) >= 11 is 0. The highest BCUT2D eigenvalue weighted by atomic mass is 16.3. The van der Waals surface area contributed by atoms with Crippen molar-refractivity contribution < 1.29 is 8.83 Å². The summed E-state index contributed by atoms with van der Waals surface area (Å²) < 4.78 is 15.5. The molecule has 0 unspecified atom stereocenters. The second kappa shape index (κ2) is 12.8. The zero-order valence-electron chi connectivity index (χ0n) is 31.3. The molecule has 12 aromatic rings. The topological polar surface area (TPSA) is 93.7 Å². The molecule has 7 heteroatoms. The largest absolute Gasteiger partial charge is 0.455 e. The Morgan fingerprint density at radius 1 is 0.407 bits per heavy atom. The summed E-state index contributed by atoms with van der Waals surface area (Å²) in [5.41, 5.74) is 11.2. The molecule has 0 radical (unpaired) electrons. The highest BCUT2D eigenvalue weighted by Gasteiger charge is 2.21. The first-order valence-electron chi connectivity index (χ1n) is 19.4. The Labute approximate surface area is 336 Å². The van der Waals surface area contributed by atoms with E-state index in [9.17, 15) is 5.26 Å². The Morgan fingerprint density at radius 2 is 0.898 bits per heavy atom. The van der Waals surface area contributed by atoms with Crippen LogP contribution in [0.1, 0.15) is 5.56 Å². The van der Waals surface area contributed by atoms with Gasteiger partial charge in [0.1, 0.15) is 22.3 Å². The molecule has 12 rings (SSSR count). The van der Waals surface area contributed by atoms with Crippen LogP contribution in [0.4, 0.5) is 0 Å². The van der Waals surface area contributed by atoms with Crippen molar-refractivity contribution in [2.75, 3.05) is 0 Å². The first kappa shape index (κ1) is 32.9. The van der Waals surface area contributed by atoms with Gasteiger partial charge in [-0.25, -0.2) is 4.98 Å². The van der Waals surface area contributed by atoms with E-state index < -0.39 is 0 Å². The third kappa shape index (κ3) is 5.10. The standard InChI is InChI=1S/C52H29N5O2/c53-30-31-12-7-14-33(28-31)50-54-51(56-52(55-50)57-44-25-4-1-16-36(44)37-17-2-5-26-45(37)57)34-15-8-13-32(29-34)35-19-9-21-40-42-23-11-24-43(49(42)59-47(35)40)41-22-10-20-39-38-18-3-6-27-46(38)58-48(39)41/h1-29H. The third-order valence-corrected chi connectivity index (χ3v) is 11.3. The molecule has 0 N–H and O–H groups in total. The molecule has 4 heterocycles. The maximum absolute atomic E-state index is 9.77. The van der Waals surface area contributed by atoms with Crippen molar-refractivity contribution in [1.29, 1.82) is 5.26 Å². The number of aromatic nitrogens is 4. The number of rotatable bonds is 5. The van der Waals surface area contributed by atoms with Crippen LogP contribution in [0.3, 0.4) is 0 Å². The lowest BCUT2D eigenvalue weighted by atomic mass is 9.98. The minimum absolute atomic E-state index is 0.473. The van der Waals surface area contributed by atoms with Gasteiger partial charge in [0.05, 0.1) is 22.7 Å². The van der Waals surface area contributed by atoms with E-state index in [0.717, 1.165) is 99.1 Å². The van der Waals surface area contributed by atoms with Gasteiger partial charge < -0.3 is 8.83 Å². The molecule has 274 valence electrons. The van der Waals surface area contributed by atoms with Gasteiger partial charge in [-0.1, -0.05) is 140 Å². The number of benzene rings is 8. The van der Waals surface area contributed by atoms with Crippen molar-refractivity contribution in [1.82, 2.24) is 19.5 Å². The first-order chi connectivity index (χ1) is 29.2. The van der Waals surface area contributed by atoms with Crippen LogP contribution in [-0.2, 0) is 0 Å². The Kier molecular flexibility index (Phi) is 7.16. The van der Waals surface area contributed by atoms with Crippen LogP contribution in [0.5, 0.6) is 0 Å². The quantitative estimate of drug-likeness (QED) is 0.174. The second-order valence-electron chi connectivity index (χ2n) is 14.7. The minimum atomic E-state index is 0.473.